The van der Waals surface area contributed by atoms with Crippen molar-refractivity contribution in [2.24, 2.45) is 0 Å². The fourth-order valence-electron chi connectivity index (χ4n) is 2.51. The van der Waals surface area contributed by atoms with Gasteiger partial charge >= 0.3 is 6.18 Å². The molecule has 0 unspecified atom stereocenters. The van der Waals surface area contributed by atoms with Gasteiger partial charge in [-0.1, -0.05) is 29.8 Å². The van der Waals surface area contributed by atoms with E-state index in [-0.39, 0.29) is 11.8 Å². The number of halogens is 4. The van der Waals surface area contributed by atoms with Gasteiger partial charge in [-0.25, -0.2) is 8.42 Å². The maximum atomic E-state index is 12.9. The highest BCUT2D eigenvalue weighted by molar-refractivity contribution is 7.89. The number of sulfonamides is 1. The van der Waals surface area contributed by atoms with Gasteiger partial charge in [0.1, 0.15) is 10.9 Å². The lowest BCUT2D eigenvalue weighted by molar-refractivity contribution is -0.137. The molecule has 0 saturated heterocycles. The van der Waals surface area contributed by atoms with Crippen LogP contribution in [0.1, 0.15) is 24.4 Å². The van der Waals surface area contributed by atoms with E-state index in [0.29, 0.717) is 17.7 Å². The third-order valence-corrected chi connectivity index (χ3v) is 6.69. The van der Waals surface area contributed by atoms with Gasteiger partial charge in [-0.05, 0) is 37.3 Å². The maximum absolute atomic E-state index is 12.9. The third kappa shape index (κ3) is 4.29. The van der Waals surface area contributed by atoms with Crippen LogP contribution in [-0.2, 0) is 16.2 Å². The van der Waals surface area contributed by atoms with E-state index in [0.717, 1.165) is 10.4 Å². The summed E-state index contributed by atoms with van der Waals surface area (Å²) in [5.74, 6) is 0.240. The molecular weight excluding hydrogens is 431 g/mol. The van der Waals surface area contributed by atoms with Crippen molar-refractivity contribution in [1.82, 2.24) is 14.5 Å². The van der Waals surface area contributed by atoms with Crippen LogP contribution in [0.15, 0.2) is 57.8 Å². The Kier molecular flexibility index (Phi) is 5.70. The fourth-order valence-corrected chi connectivity index (χ4v) is 4.34. The standard InChI is InChI=1S/C18H15ClF3N3O3S/c1-11(16-23-24-17(28-16)12-6-4-3-5-7-12)25(2)29(26,27)15-9-8-13(10-14(15)19)18(20,21)22/h3-11H,1-2H3/t11-/m0/s1. The first-order valence-electron chi connectivity index (χ1n) is 8.25. The highest BCUT2D eigenvalue weighted by Crippen LogP contribution is 2.35. The first-order valence-corrected chi connectivity index (χ1v) is 10.1. The van der Waals surface area contributed by atoms with Gasteiger partial charge in [0.2, 0.25) is 21.8 Å². The van der Waals surface area contributed by atoms with Crippen LogP contribution in [0.3, 0.4) is 0 Å². The first-order chi connectivity index (χ1) is 13.5. The normalized spacial score (nSPS) is 13.6. The zero-order valence-corrected chi connectivity index (χ0v) is 16.8. The molecule has 6 nitrogen and oxygen atoms in total. The average Bonchev–Trinajstić information content (AvgIpc) is 3.16. The molecule has 0 aliphatic heterocycles. The second-order valence-corrected chi connectivity index (χ2v) is 8.52. The van der Waals surface area contributed by atoms with E-state index in [9.17, 15) is 21.6 Å². The van der Waals surface area contributed by atoms with Crippen molar-refractivity contribution in [1.29, 1.82) is 0 Å². The predicted octanol–water partition coefficient (Wildman–Crippen LogP) is 4.79. The zero-order chi connectivity index (χ0) is 21.4. The highest BCUT2D eigenvalue weighted by Gasteiger charge is 2.35. The van der Waals surface area contributed by atoms with E-state index >= 15 is 0 Å². The van der Waals surface area contributed by atoms with E-state index in [1.54, 1.807) is 24.3 Å². The molecule has 0 aliphatic carbocycles. The summed E-state index contributed by atoms with van der Waals surface area (Å²) >= 11 is 5.84. The largest absolute Gasteiger partial charge is 0.419 e. The molecule has 0 spiro atoms. The number of hydrogen-bond donors (Lipinski definition) is 0. The minimum Gasteiger partial charge on any atom is -0.419 e. The summed E-state index contributed by atoms with van der Waals surface area (Å²) in [6.07, 6.45) is -4.64. The summed E-state index contributed by atoms with van der Waals surface area (Å²) in [6, 6.07) is 10.1. The van der Waals surface area contributed by atoms with Crippen molar-refractivity contribution >= 4 is 21.6 Å². The van der Waals surface area contributed by atoms with Crippen LogP contribution in [0.25, 0.3) is 11.5 Å². The Bertz CT molecular complexity index is 1120. The lowest BCUT2D eigenvalue weighted by Gasteiger charge is -2.22. The topological polar surface area (TPSA) is 76.3 Å². The lowest BCUT2D eigenvalue weighted by atomic mass is 10.2. The van der Waals surface area contributed by atoms with E-state index in [4.69, 9.17) is 16.0 Å². The molecule has 1 atom stereocenters. The Morgan fingerprint density at radius 3 is 2.34 bits per heavy atom. The SMILES string of the molecule is C[C@@H](c1nnc(-c2ccccc2)o1)N(C)S(=O)(=O)c1ccc(C(F)(F)F)cc1Cl. The van der Waals surface area contributed by atoms with Crippen molar-refractivity contribution in [2.75, 3.05) is 7.05 Å². The van der Waals surface area contributed by atoms with Crippen LogP contribution < -0.4 is 0 Å². The summed E-state index contributed by atoms with van der Waals surface area (Å²) in [7, 11) is -2.98. The van der Waals surface area contributed by atoms with Gasteiger partial charge < -0.3 is 4.42 Å². The summed E-state index contributed by atoms with van der Waals surface area (Å²) in [5.41, 5.74) is -0.378. The van der Waals surface area contributed by atoms with Crippen LogP contribution in [0.2, 0.25) is 5.02 Å². The Morgan fingerprint density at radius 1 is 1.10 bits per heavy atom. The van der Waals surface area contributed by atoms with Crippen LogP contribution in [0, 0.1) is 0 Å². The number of aromatic nitrogens is 2. The van der Waals surface area contributed by atoms with Crippen molar-refractivity contribution < 1.29 is 26.0 Å². The van der Waals surface area contributed by atoms with E-state index in [1.165, 1.54) is 14.0 Å². The molecule has 0 radical (unpaired) electrons. The molecule has 0 bridgehead atoms. The van der Waals surface area contributed by atoms with Crippen LogP contribution in [-0.4, -0.2) is 30.0 Å². The van der Waals surface area contributed by atoms with Crippen LogP contribution in [0.5, 0.6) is 0 Å². The molecule has 3 rings (SSSR count). The molecule has 1 aromatic heterocycles. The predicted molar refractivity (Wildman–Crippen MR) is 99.6 cm³/mol. The van der Waals surface area contributed by atoms with Gasteiger partial charge in [-0.3, -0.25) is 0 Å². The Balaban J connectivity index is 1.89. The number of nitrogens with zero attached hydrogens (tertiary/aromatic N) is 3. The number of alkyl halides is 3. The zero-order valence-electron chi connectivity index (χ0n) is 15.2. The number of benzene rings is 2. The summed E-state index contributed by atoms with van der Waals surface area (Å²) < 4.78 is 70.6. The van der Waals surface area contributed by atoms with Crippen molar-refractivity contribution in [3.63, 3.8) is 0 Å². The summed E-state index contributed by atoms with van der Waals surface area (Å²) in [6.45, 7) is 1.51. The van der Waals surface area contributed by atoms with Gasteiger partial charge in [0.05, 0.1) is 10.6 Å². The monoisotopic (exact) mass is 445 g/mol. The van der Waals surface area contributed by atoms with Gasteiger partial charge in [0.15, 0.2) is 0 Å². The van der Waals surface area contributed by atoms with E-state index in [2.05, 4.69) is 10.2 Å². The molecule has 2 aromatic carbocycles. The van der Waals surface area contributed by atoms with E-state index < -0.39 is 37.7 Å². The fraction of sp³-hybridized carbons (Fsp3) is 0.222. The molecule has 3 aromatic rings. The van der Waals surface area contributed by atoms with Crippen molar-refractivity contribution in [3.05, 3.63) is 65.0 Å². The molecule has 154 valence electrons. The second-order valence-electron chi connectivity index (χ2n) is 6.15. The number of hydrogen-bond acceptors (Lipinski definition) is 5. The van der Waals surface area contributed by atoms with Crippen molar-refractivity contribution in [3.8, 4) is 11.5 Å². The van der Waals surface area contributed by atoms with Gasteiger partial charge in [-0.2, -0.15) is 17.5 Å². The molecule has 1 heterocycles. The Labute approximate surface area is 170 Å². The molecule has 11 heteroatoms. The van der Waals surface area contributed by atoms with E-state index in [1.807, 2.05) is 6.07 Å². The Hall–Kier alpha value is -2.43. The molecule has 0 aliphatic rings. The van der Waals surface area contributed by atoms with Crippen LogP contribution in [0.4, 0.5) is 13.2 Å². The van der Waals surface area contributed by atoms with Crippen molar-refractivity contribution in [2.45, 2.75) is 24.0 Å². The average molecular weight is 446 g/mol. The van der Waals surface area contributed by atoms with Gasteiger partial charge in [-0.15, -0.1) is 10.2 Å². The van der Waals surface area contributed by atoms with Gasteiger partial charge in [0, 0.05) is 12.6 Å². The smallest absolute Gasteiger partial charge is 0.416 e. The molecule has 29 heavy (non-hydrogen) atoms. The third-order valence-electron chi connectivity index (χ3n) is 4.28. The summed E-state index contributed by atoms with van der Waals surface area (Å²) in [5, 5.41) is 7.26. The summed E-state index contributed by atoms with van der Waals surface area (Å²) in [4.78, 5) is -0.454. The number of rotatable bonds is 5. The van der Waals surface area contributed by atoms with Gasteiger partial charge in [0.25, 0.3) is 0 Å². The Morgan fingerprint density at radius 2 is 1.76 bits per heavy atom. The first kappa shape index (κ1) is 21.3. The van der Waals surface area contributed by atoms with Crippen LogP contribution >= 0.6 is 11.6 Å². The minimum absolute atomic E-state index is 0.0259. The minimum atomic E-state index is -4.64. The maximum Gasteiger partial charge on any atom is 0.416 e. The second kappa shape index (κ2) is 7.77. The molecule has 0 saturated carbocycles. The molecule has 0 amide bonds. The molecular formula is C18H15ClF3N3O3S. The lowest BCUT2D eigenvalue weighted by Crippen LogP contribution is -2.30. The quantitative estimate of drug-likeness (QED) is 0.564. The molecule has 0 N–H and O–H groups in total. The molecule has 0 fully saturated rings. The highest BCUT2D eigenvalue weighted by atomic mass is 35.5.